The number of nitrogens with zero attached hydrogens (tertiary/aromatic N) is 2. The maximum absolute atomic E-state index is 14.2. The van der Waals surface area contributed by atoms with Crippen molar-refractivity contribution in [1.82, 2.24) is 20.4 Å². The molecule has 2 N–H and O–H groups in total. The highest BCUT2D eigenvalue weighted by molar-refractivity contribution is 5.98. The van der Waals surface area contributed by atoms with E-state index in [-0.39, 0.29) is 35.6 Å². The molecule has 4 aromatic rings. The molecule has 240 valence electrons. The lowest BCUT2D eigenvalue weighted by molar-refractivity contribution is -0.133. The summed E-state index contributed by atoms with van der Waals surface area (Å²) in [6, 6.07) is 30.4. The third-order valence-corrected chi connectivity index (χ3v) is 9.59. The molecule has 6 nitrogen and oxygen atoms in total. The standard InChI is InChI=1S/C39H45FN4O2/c40-34-19-18-31-25-33(17-16-32(31)26-34)38(45)41-27-35-20-24-44(39(46)37(42-35)15-10-23-43-21-8-3-9-22-43)28-36(29-11-4-1-5-12-29)30-13-6-2-7-14-30/h1-2,4-7,11-14,16-19,25-26,35-37,42H,3,8-10,15,20-24,27-28H2,(H,41,45). The summed E-state index contributed by atoms with van der Waals surface area (Å²) in [5, 5.41) is 8.36. The fraction of sp³-hybridized carbons (Fsp3) is 0.385. The SMILES string of the molecule is O=C(NCC1CCN(CC(c2ccccc2)c2ccccc2)C(=O)C(CCCN2CCCCC2)N1)c1ccc2cc(F)ccc2c1. The van der Waals surface area contributed by atoms with E-state index in [0.717, 1.165) is 49.7 Å². The lowest BCUT2D eigenvalue weighted by Gasteiger charge is -2.30. The maximum Gasteiger partial charge on any atom is 0.251 e. The number of likely N-dealkylation sites (tertiary alicyclic amines) is 1. The topological polar surface area (TPSA) is 64.7 Å². The number of hydrogen-bond acceptors (Lipinski definition) is 4. The number of nitrogens with one attached hydrogen (secondary N) is 2. The van der Waals surface area contributed by atoms with Gasteiger partial charge in [0.25, 0.3) is 5.91 Å². The molecule has 4 aromatic carbocycles. The van der Waals surface area contributed by atoms with Crippen molar-refractivity contribution in [3.05, 3.63) is 120 Å². The highest BCUT2D eigenvalue weighted by atomic mass is 19.1. The first-order chi connectivity index (χ1) is 22.5. The number of fused-ring (bicyclic) bond motifs is 1. The lowest BCUT2D eigenvalue weighted by atomic mass is 9.90. The Morgan fingerprint density at radius 1 is 0.848 bits per heavy atom. The first-order valence-corrected chi connectivity index (χ1v) is 16.9. The summed E-state index contributed by atoms with van der Waals surface area (Å²) < 4.78 is 13.6. The van der Waals surface area contributed by atoms with Crippen LogP contribution >= 0.6 is 0 Å². The van der Waals surface area contributed by atoms with Crippen LogP contribution in [0, 0.1) is 5.82 Å². The molecule has 2 atom stereocenters. The van der Waals surface area contributed by atoms with Crippen LogP contribution in [0.25, 0.3) is 10.8 Å². The summed E-state index contributed by atoms with van der Waals surface area (Å²) in [5.74, 6) is -0.253. The Labute approximate surface area is 272 Å². The molecule has 0 saturated carbocycles. The molecule has 2 amide bonds. The smallest absolute Gasteiger partial charge is 0.251 e. The van der Waals surface area contributed by atoms with Crippen molar-refractivity contribution >= 4 is 22.6 Å². The Morgan fingerprint density at radius 2 is 1.52 bits per heavy atom. The summed E-state index contributed by atoms with van der Waals surface area (Å²) in [4.78, 5) is 32.0. The summed E-state index contributed by atoms with van der Waals surface area (Å²) in [5.41, 5.74) is 2.93. The molecule has 2 fully saturated rings. The van der Waals surface area contributed by atoms with Crippen LogP contribution in [0.1, 0.15) is 65.9 Å². The van der Waals surface area contributed by atoms with Crippen LogP contribution < -0.4 is 10.6 Å². The lowest BCUT2D eigenvalue weighted by Crippen LogP contribution is -2.49. The van der Waals surface area contributed by atoms with Crippen LogP contribution in [0.4, 0.5) is 4.39 Å². The molecule has 0 aromatic heterocycles. The van der Waals surface area contributed by atoms with Crippen LogP contribution in [0.3, 0.4) is 0 Å². The second-order valence-corrected chi connectivity index (χ2v) is 12.8. The van der Waals surface area contributed by atoms with E-state index in [1.807, 2.05) is 17.0 Å². The molecular formula is C39H45FN4O2. The third-order valence-electron chi connectivity index (χ3n) is 9.59. The predicted octanol–water partition coefficient (Wildman–Crippen LogP) is 6.37. The van der Waals surface area contributed by atoms with Gasteiger partial charge in [0.2, 0.25) is 5.91 Å². The molecule has 2 heterocycles. The number of piperidine rings is 1. The largest absolute Gasteiger partial charge is 0.350 e. The summed E-state index contributed by atoms with van der Waals surface area (Å²) >= 11 is 0. The van der Waals surface area contributed by atoms with Gasteiger partial charge in [-0.15, -0.1) is 0 Å². The molecule has 0 spiro atoms. The van der Waals surface area contributed by atoms with E-state index >= 15 is 0 Å². The molecule has 2 aliphatic rings. The molecule has 0 radical (unpaired) electrons. The molecule has 2 saturated heterocycles. The van der Waals surface area contributed by atoms with Crippen molar-refractivity contribution in [2.75, 3.05) is 39.3 Å². The monoisotopic (exact) mass is 620 g/mol. The van der Waals surface area contributed by atoms with Crippen LogP contribution in [-0.2, 0) is 4.79 Å². The highest BCUT2D eigenvalue weighted by Crippen LogP contribution is 2.27. The summed E-state index contributed by atoms with van der Waals surface area (Å²) in [6.45, 7) is 4.94. The van der Waals surface area contributed by atoms with Gasteiger partial charge in [0.1, 0.15) is 5.82 Å². The number of amides is 2. The third kappa shape index (κ3) is 8.20. The van der Waals surface area contributed by atoms with Crippen molar-refractivity contribution in [3.63, 3.8) is 0 Å². The fourth-order valence-corrected chi connectivity index (χ4v) is 7.00. The zero-order valence-electron chi connectivity index (χ0n) is 26.5. The molecular weight excluding hydrogens is 575 g/mol. The van der Waals surface area contributed by atoms with Gasteiger partial charge in [0.15, 0.2) is 0 Å². The van der Waals surface area contributed by atoms with Gasteiger partial charge in [0.05, 0.1) is 6.04 Å². The van der Waals surface area contributed by atoms with Crippen molar-refractivity contribution in [3.8, 4) is 0 Å². The van der Waals surface area contributed by atoms with E-state index in [1.165, 1.54) is 42.5 Å². The average Bonchev–Trinajstić information content (AvgIpc) is 3.24. The second kappa shape index (κ2) is 15.5. The van der Waals surface area contributed by atoms with Gasteiger partial charge in [-0.25, -0.2) is 4.39 Å². The number of benzene rings is 4. The number of halogens is 1. The quantitative estimate of drug-likeness (QED) is 0.205. The first-order valence-electron chi connectivity index (χ1n) is 16.9. The molecule has 2 aliphatic heterocycles. The molecule has 0 aliphatic carbocycles. The van der Waals surface area contributed by atoms with E-state index in [9.17, 15) is 14.0 Å². The minimum Gasteiger partial charge on any atom is -0.350 e. The number of hydrogen-bond donors (Lipinski definition) is 2. The molecule has 6 rings (SSSR count). The maximum atomic E-state index is 14.2. The zero-order chi connectivity index (χ0) is 31.7. The highest BCUT2D eigenvalue weighted by Gasteiger charge is 2.32. The van der Waals surface area contributed by atoms with Crippen molar-refractivity contribution in [2.45, 2.75) is 56.5 Å². The van der Waals surface area contributed by atoms with E-state index in [4.69, 9.17) is 0 Å². The Balaban J connectivity index is 1.16. The van der Waals surface area contributed by atoms with E-state index in [1.54, 1.807) is 24.3 Å². The second-order valence-electron chi connectivity index (χ2n) is 12.8. The minimum atomic E-state index is -0.308. The summed E-state index contributed by atoms with van der Waals surface area (Å²) in [7, 11) is 0. The number of carbonyl (C=O) groups excluding carboxylic acids is 2. The fourth-order valence-electron chi connectivity index (χ4n) is 7.00. The van der Waals surface area contributed by atoms with Crippen molar-refractivity contribution in [1.29, 1.82) is 0 Å². The predicted molar refractivity (Wildman–Crippen MR) is 182 cm³/mol. The van der Waals surface area contributed by atoms with Gasteiger partial charge in [-0.2, -0.15) is 0 Å². The van der Waals surface area contributed by atoms with Crippen molar-refractivity contribution in [2.24, 2.45) is 0 Å². The first kappa shape index (κ1) is 31.9. The van der Waals surface area contributed by atoms with Crippen LogP contribution in [-0.4, -0.2) is 73.0 Å². The van der Waals surface area contributed by atoms with Gasteiger partial charge < -0.3 is 20.4 Å². The van der Waals surface area contributed by atoms with E-state index < -0.39 is 0 Å². The molecule has 46 heavy (non-hydrogen) atoms. The van der Waals surface area contributed by atoms with Crippen molar-refractivity contribution < 1.29 is 14.0 Å². The van der Waals surface area contributed by atoms with Gasteiger partial charge in [-0.05, 0) is 97.9 Å². The van der Waals surface area contributed by atoms with Crippen LogP contribution in [0.15, 0.2) is 97.1 Å². The average molecular weight is 621 g/mol. The molecule has 7 heteroatoms. The Hall–Kier alpha value is -4.07. The minimum absolute atomic E-state index is 0.0423. The molecule has 2 unspecified atom stereocenters. The van der Waals surface area contributed by atoms with E-state index in [0.29, 0.717) is 25.2 Å². The molecule has 0 bridgehead atoms. The van der Waals surface area contributed by atoms with Gasteiger partial charge in [0, 0.05) is 37.2 Å². The Kier molecular flexibility index (Phi) is 10.7. The normalized spacial score (nSPS) is 19.3. The van der Waals surface area contributed by atoms with Gasteiger partial charge in [-0.3, -0.25) is 9.59 Å². The van der Waals surface area contributed by atoms with Gasteiger partial charge in [-0.1, -0.05) is 79.2 Å². The number of carbonyl (C=O) groups is 2. The Morgan fingerprint density at radius 3 is 2.24 bits per heavy atom. The number of rotatable bonds is 11. The van der Waals surface area contributed by atoms with E-state index in [2.05, 4.69) is 64.1 Å². The zero-order valence-corrected chi connectivity index (χ0v) is 26.5. The Bertz CT molecular complexity index is 1550. The van der Waals surface area contributed by atoms with Crippen LogP contribution in [0.5, 0.6) is 0 Å². The summed E-state index contributed by atoms with van der Waals surface area (Å²) in [6.07, 6.45) is 6.27. The van der Waals surface area contributed by atoms with Gasteiger partial charge >= 0.3 is 0 Å². The van der Waals surface area contributed by atoms with Crippen LogP contribution in [0.2, 0.25) is 0 Å².